The summed E-state index contributed by atoms with van der Waals surface area (Å²) >= 11 is 0. The van der Waals surface area contributed by atoms with E-state index in [0.29, 0.717) is 0 Å². The molecule has 0 fully saturated rings. The molecule has 0 aromatic heterocycles. The van der Waals surface area contributed by atoms with E-state index in [1.807, 2.05) is 0 Å². The molecule has 134 valence electrons. The highest BCUT2D eigenvalue weighted by atomic mass is 16.3. The molecule has 0 aliphatic rings. The van der Waals surface area contributed by atoms with E-state index in [2.05, 4.69) is 6.92 Å². The van der Waals surface area contributed by atoms with Crippen molar-refractivity contribution in [1.29, 1.82) is 0 Å². The molecular formula is C20H42O2. The van der Waals surface area contributed by atoms with Gasteiger partial charge in [0.1, 0.15) is 0 Å². The third-order valence-electron chi connectivity index (χ3n) is 4.59. The molecule has 0 amide bonds. The second kappa shape index (κ2) is 19.0. The van der Waals surface area contributed by atoms with E-state index in [9.17, 15) is 5.11 Å². The second-order valence-corrected chi connectivity index (χ2v) is 6.90. The zero-order valence-electron chi connectivity index (χ0n) is 15.2. The van der Waals surface area contributed by atoms with Gasteiger partial charge in [0.2, 0.25) is 0 Å². The predicted octanol–water partition coefficient (Wildman–Crippen LogP) is 5.99. The summed E-state index contributed by atoms with van der Waals surface area (Å²) in [7, 11) is 0. The lowest BCUT2D eigenvalue weighted by molar-refractivity contribution is 0.146. The Bertz CT molecular complexity index is 194. The van der Waals surface area contributed by atoms with Crippen LogP contribution in [-0.2, 0) is 0 Å². The zero-order chi connectivity index (χ0) is 16.3. The fraction of sp³-hybridized carbons (Fsp3) is 1.00. The van der Waals surface area contributed by atoms with E-state index in [0.717, 1.165) is 32.1 Å². The third kappa shape index (κ3) is 18.0. The molecule has 0 bridgehead atoms. The van der Waals surface area contributed by atoms with Crippen LogP contribution in [0.1, 0.15) is 116 Å². The van der Waals surface area contributed by atoms with Gasteiger partial charge in [0, 0.05) is 6.61 Å². The Kier molecular flexibility index (Phi) is 18.9. The molecule has 0 saturated carbocycles. The standard InChI is InChI=1S/C20H42O2/c1-2-3-4-5-6-7-8-9-10-11-12-14-17-20(22)18-15-13-16-19-21/h20-22H,2-19H2,1H3. The van der Waals surface area contributed by atoms with Crippen LogP contribution in [0.5, 0.6) is 0 Å². The van der Waals surface area contributed by atoms with Crippen molar-refractivity contribution in [3.05, 3.63) is 0 Å². The summed E-state index contributed by atoms with van der Waals surface area (Å²) in [5, 5.41) is 18.5. The Hall–Kier alpha value is -0.0800. The van der Waals surface area contributed by atoms with Crippen molar-refractivity contribution in [3.8, 4) is 0 Å². The normalized spacial score (nSPS) is 12.7. The van der Waals surface area contributed by atoms with Gasteiger partial charge in [-0.25, -0.2) is 0 Å². The molecular weight excluding hydrogens is 272 g/mol. The first kappa shape index (κ1) is 21.9. The molecule has 0 aromatic rings. The first-order chi connectivity index (χ1) is 10.8. The average molecular weight is 315 g/mol. The van der Waals surface area contributed by atoms with Gasteiger partial charge in [0.15, 0.2) is 0 Å². The molecule has 0 radical (unpaired) electrons. The van der Waals surface area contributed by atoms with E-state index >= 15 is 0 Å². The summed E-state index contributed by atoms with van der Waals surface area (Å²) in [6.07, 6.45) is 21.2. The molecule has 0 aliphatic heterocycles. The van der Waals surface area contributed by atoms with Crippen molar-refractivity contribution in [1.82, 2.24) is 0 Å². The summed E-state index contributed by atoms with van der Waals surface area (Å²) in [6, 6.07) is 0. The maximum Gasteiger partial charge on any atom is 0.0540 e. The number of aliphatic hydroxyl groups excluding tert-OH is 2. The molecule has 2 nitrogen and oxygen atoms in total. The SMILES string of the molecule is CCCCCCCCCCCCCCC(O)CCCCCO. The number of unbranched alkanes of at least 4 members (excludes halogenated alkanes) is 13. The van der Waals surface area contributed by atoms with Crippen LogP contribution in [0, 0.1) is 0 Å². The molecule has 0 spiro atoms. The summed E-state index contributed by atoms with van der Waals surface area (Å²) in [6.45, 7) is 2.56. The molecule has 0 heterocycles. The van der Waals surface area contributed by atoms with Crippen LogP contribution in [0.3, 0.4) is 0 Å². The van der Waals surface area contributed by atoms with Crippen molar-refractivity contribution in [2.24, 2.45) is 0 Å². The van der Waals surface area contributed by atoms with Crippen LogP contribution in [-0.4, -0.2) is 22.9 Å². The number of aliphatic hydroxyl groups is 2. The van der Waals surface area contributed by atoms with Crippen LogP contribution in [0.25, 0.3) is 0 Å². The number of hydrogen-bond acceptors (Lipinski definition) is 2. The second-order valence-electron chi connectivity index (χ2n) is 6.90. The summed E-state index contributed by atoms with van der Waals surface area (Å²) in [5.41, 5.74) is 0. The van der Waals surface area contributed by atoms with Crippen molar-refractivity contribution in [2.45, 2.75) is 122 Å². The Morgan fingerprint density at radius 3 is 1.32 bits per heavy atom. The van der Waals surface area contributed by atoms with E-state index in [1.54, 1.807) is 0 Å². The largest absolute Gasteiger partial charge is 0.396 e. The lowest BCUT2D eigenvalue weighted by atomic mass is 10.0. The molecule has 0 aliphatic carbocycles. The maximum atomic E-state index is 9.85. The van der Waals surface area contributed by atoms with Crippen molar-refractivity contribution in [2.75, 3.05) is 6.61 Å². The highest BCUT2D eigenvalue weighted by Gasteiger charge is 2.03. The zero-order valence-corrected chi connectivity index (χ0v) is 15.2. The van der Waals surface area contributed by atoms with Crippen LogP contribution < -0.4 is 0 Å². The Balaban J connectivity index is 3.07. The lowest BCUT2D eigenvalue weighted by Gasteiger charge is -2.10. The minimum atomic E-state index is -0.109. The third-order valence-corrected chi connectivity index (χ3v) is 4.59. The minimum absolute atomic E-state index is 0.109. The molecule has 0 rings (SSSR count). The first-order valence-corrected chi connectivity index (χ1v) is 10.1. The van der Waals surface area contributed by atoms with Crippen LogP contribution in [0.15, 0.2) is 0 Å². The molecule has 2 heteroatoms. The van der Waals surface area contributed by atoms with E-state index in [4.69, 9.17) is 5.11 Å². The Morgan fingerprint density at radius 1 is 0.545 bits per heavy atom. The van der Waals surface area contributed by atoms with Gasteiger partial charge >= 0.3 is 0 Å². The fourth-order valence-corrected chi connectivity index (χ4v) is 3.03. The van der Waals surface area contributed by atoms with Gasteiger partial charge in [0.05, 0.1) is 6.10 Å². The van der Waals surface area contributed by atoms with E-state index in [1.165, 1.54) is 77.0 Å². The van der Waals surface area contributed by atoms with Gasteiger partial charge < -0.3 is 10.2 Å². The monoisotopic (exact) mass is 314 g/mol. The van der Waals surface area contributed by atoms with Gasteiger partial charge in [-0.1, -0.05) is 96.8 Å². The topological polar surface area (TPSA) is 40.5 Å². The summed E-state index contributed by atoms with van der Waals surface area (Å²) in [4.78, 5) is 0. The van der Waals surface area contributed by atoms with Gasteiger partial charge in [-0.15, -0.1) is 0 Å². The summed E-state index contributed by atoms with van der Waals surface area (Å²) < 4.78 is 0. The average Bonchev–Trinajstić information content (AvgIpc) is 2.52. The van der Waals surface area contributed by atoms with E-state index in [-0.39, 0.29) is 12.7 Å². The van der Waals surface area contributed by atoms with Gasteiger partial charge in [0.25, 0.3) is 0 Å². The van der Waals surface area contributed by atoms with Gasteiger partial charge in [-0.05, 0) is 19.3 Å². The minimum Gasteiger partial charge on any atom is -0.396 e. The highest BCUT2D eigenvalue weighted by Crippen LogP contribution is 2.14. The molecule has 0 saturated heterocycles. The maximum absolute atomic E-state index is 9.85. The van der Waals surface area contributed by atoms with Crippen molar-refractivity contribution < 1.29 is 10.2 Å². The quantitative estimate of drug-likeness (QED) is 0.305. The lowest BCUT2D eigenvalue weighted by Crippen LogP contribution is -2.06. The van der Waals surface area contributed by atoms with Crippen molar-refractivity contribution in [3.63, 3.8) is 0 Å². The Morgan fingerprint density at radius 2 is 0.909 bits per heavy atom. The molecule has 1 atom stereocenters. The van der Waals surface area contributed by atoms with Crippen molar-refractivity contribution >= 4 is 0 Å². The number of rotatable bonds is 18. The van der Waals surface area contributed by atoms with Crippen LogP contribution in [0.2, 0.25) is 0 Å². The van der Waals surface area contributed by atoms with Gasteiger partial charge in [-0.2, -0.15) is 0 Å². The molecule has 2 N–H and O–H groups in total. The highest BCUT2D eigenvalue weighted by molar-refractivity contribution is 4.57. The smallest absolute Gasteiger partial charge is 0.0540 e. The summed E-state index contributed by atoms with van der Waals surface area (Å²) in [5.74, 6) is 0. The fourth-order valence-electron chi connectivity index (χ4n) is 3.03. The predicted molar refractivity (Wildman–Crippen MR) is 97.3 cm³/mol. The molecule has 1 unspecified atom stereocenters. The first-order valence-electron chi connectivity index (χ1n) is 10.1. The van der Waals surface area contributed by atoms with E-state index < -0.39 is 0 Å². The Labute approximate surface area is 139 Å². The number of hydrogen-bond donors (Lipinski definition) is 2. The van der Waals surface area contributed by atoms with Crippen LogP contribution >= 0.6 is 0 Å². The van der Waals surface area contributed by atoms with Crippen LogP contribution in [0.4, 0.5) is 0 Å². The molecule has 0 aromatic carbocycles. The molecule has 22 heavy (non-hydrogen) atoms. The van der Waals surface area contributed by atoms with Gasteiger partial charge in [-0.3, -0.25) is 0 Å².